The molecular weight excluding hydrogens is 1220 g/mol. The lowest BCUT2D eigenvalue weighted by atomic mass is 9.82. The number of ether oxygens (including phenoxy) is 7. The van der Waals surface area contributed by atoms with Crippen LogP contribution in [0.4, 0.5) is 11.9 Å². The van der Waals surface area contributed by atoms with E-state index >= 15 is 0 Å². The van der Waals surface area contributed by atoms with Crippen LogP contribution in [0.25, 0.3) is 0 Å². The van der Waals surface area contributed by atoms with Gasteiger partial charge in [-0.05, 0) is 93.4 Å². The minimum Gasteiger partial charge on any atom is -0.463 e. The Bertz CT molecular complexity index is 2610. The molecule has 10 unspecified atom stereocenters. The first kappa shape index (κ1) is 78.9. The first-order valence-corrected chi connectivity index (χ1v) is 34.7. The molecule has 1 aromatic carbocycles. The number of nitrogens with zero attached hydrogens (tertiary/aromatic N) is 5. The fourth-order valence-corrected chi connectivity index (χ4v) is 11.9. The molecule has 530 valence electrons. The van der Waals surface area contributed by atoms with Crippen LogP contribution < -0.4 is 20.9 Å². The Morgan fingerprint density at radius 3 is 1.43 bits per heavy atom. The summed E-state index contributed by atoms with van der Waals surface area (Å²) in [7, 11) is 0. The van der Waals surface area contributed by atoms with Gasteiger partial charge in [-0.15, -0.1) is 0 Å². The van der Waals surface area contributed by atoms with E-state index in [1.165, 1.54) is 27.7 Å². The van der Waals surface area contributed by atoms with Crippen molar-refractivity contribution in [2.24, 2.45) is 23.7 Å². The summed E-state index contributed by atoms with van der Waals surface area (Å²) in [4.78, 5) is 142. The lowest BCUT2D eigenvalue weighted by molar-refractivity contribution is -0.244. The molecule has 0 radical (unpaired) electrons. The maximum Gasteiger partial charge on any atom is 0.306 e. The Balaban J connectivity index is 1.00. The summed E-state index contributed by atoms with van der Waals surface area (Å²) in [6.45, 7) is 16.7. The van der Waals surface area contributed by atoms with Gasteiger partial charge in [-0.2, -0.15) is 15.0 Å². The molecule has 95 heavy (non-hydrogen) atoms. The van der Waals surface area contributed by atoms with Crippen molar-refractivity contribution in [2.45, 2.75) is 247 Å². The van der Waals surface area contributed by atoms with E-state index in [1.54, 1.807) is 4.90 Å². The molecule has 0 bridgehead atoms. The summed E-state index contributed by atoms with van der Waals surface area (Å²) < 4.78 is 40.3. The number of ketones is 4. The van der Waals surface area contributed by atoms with Crippen LogP contribution in [-0.2, 0) is 94.1 Å². The molecule has 4 heterocycles. The van der Waals surface area contributed by atoms with Gasteiger partial charge in [0.25, 0.3) is 0 Å². The molecule has 3 N–H and O–H groups in total. The normalized spacial score (nSPS) is 21.9. The standard InChI is InChI=1S/C70H108N8O17/c1-47-49(3)65(72-51(5)79)67(94-60(47)45-91-53(7)81)89-42-20-18-30-56(83)26-14-10-16-28-58(85)32-22-33-62-74-69(76-70(75-62)78-40-38-77(39-41-78)63(87)34-23-35-64(88)93-44-55-24-12-9-13-25-55)71-37-36-59(86)29-17-11-15-27-57(84)31-19-21-43-90-68-66(73-52(6)80)50(4)48(2)61(95-68)46-92-54(8)82/h9,12-13,24-25,47-50,60-61,65-68H,10-11,14-23,26-46H2,1-8H3,(H,72,79)(H,73,80)(H,71,74,75,76). The van der Waals surface area contributed by atoms with Crippen molar-refractivity contribution in [3.05, 3.63) is 41.7 Å². The van der Waals surface area contributed by atoms with E-state index < -0.39 is 24.5 Å². The molecule has 5 rings (SSSR count). The van der Waals surface area contributed by atoms with E-state index in [0.29, 0.717) is 179 Å². The number of aryl methyl sites for hydroxylation is 1. The quantitative estimate of drug-likeness (QED) is 0.0319. The summed E-state index contributed by atoms with van der Waals surface area (Å²) in [6.07, 6.45) is 9.18. The molecule has 0 spiro atoms. The number of Topliss-reactive ketones (excluding diaryl/α,β-unsaturated/α-hetero) is 4. The number of hydrogen-bond acceptors (Lipinski definition) is 22. The lowest BCUT2D eigenvalue weighted by Crippen LogP contribution is -2.58. The molecule has 25 nitrogen and oxygen atoms in total. The minimum absolute atomic E-state index is 0.000136. The molecule has 3 fully saturated rings. The SMILES string of the molecule is CC(=O)NC1C(OCCCCC(=O)CCCCCC(=O)CCCc2nc(NCCC(=O)CCCCCC(=O)CCCCOC3OC(COC(C)=O)C(C)C(C)C3NC(C)=O)nc(N3CCN(C(=O)CCCC(=O)OCc4ccccc4)CC3)n2)OC(COC(C)=O)C(C)C1C. The van der Waals surface area contributed by atoms with E-state index in [4.69, 9.17) is 43.1 Å². The molecule has 1 aromatic heterocycles. The molecule has 3 saturated heterocycles. The van der Waals surface area contributed by atoms with E-state index in [1.807, 2.05) is 62.9 Å². The highest BCUT2D eigenvalue weighted by atomic mass is 16.7. The second-order valence-corrected chi connectivity index (χ2v) is 25.8. The minimum atomic E-state index is -0.720. The average molecular weight is 1330 g/mol. The second kappa shape index (κ2) is 43.4. The molecule has 3 aliphatic rings. The number of rotatable bonds is 45. The molecule has 25 heteroatoms. The van der Waals surface area contributed by atoms with Gasteiger partial charge in [0, 0.05) is 144 Å². The summed E-state index contributed by atoms with van der Waals surface area (Å²) in [5, 5.41) is 9.12. The maximum absolute atomic E-state index is 13.2. The van der Waals surface area contributed by atoms with Crippen LogP contribution in [0.3, 0.4) is 0 Å². The van der Waals surface area contributed by atoms with Gasteiger partial charge in [0.2, 0.25) is 29.6 Å². The van der Waals surface area contributed by atoms with Gasteiger partial charge in [-0.1, -0.05) is 70.9 Å². The van der Waals surface area contributed by atoms with Crippen molar-refractivity contribution in [1.29, 1.82) is 0 Å². The molecule has 3 amide bonds. The second-order valence-electron chi connectivity index (χ2n) is 25.8. The fraction of sp³-hybridized carbons (Fsp3) is 0.729. The van der Waals surface area contributed by atoms with Gasteiger partial charge in [0.1, 0.15) is 48.8 Å². The number of unbranched alkanes of at least 4 members (excludes halogenated alkanes) is 6. The number of aromatic nitrogens is 3. The number of benzene rings is 1. The highest BCUT2D eigenvalue weighted by Gasteiger charge is 2.44. The zero-order valence-corrected chi connectivity index (χ0v) is 57.7. The predicted octanol–water partition coefficient (Wildman–Crippen LogP) is 8.24. The van der Waals surface area contributed by atoms with Gasteiger partial charge in [0.05, 0.1) is 24.3 Å². The number of nitrogens with one attached hydrogen (secondary N) is 3. The monoisotopic (exact) mass is 1330 g/mol. The van der Waals surface area contributed by atoms with Gasteiger partial charge >= 0.3 is 17.9 Å². The zero-order chi connectivity index (χ0) is 69.1. The van der Waals surface area contributed by atoms with Gasteiger partial charge in [-0.3, -0.25) is 47.9 Å². The van der Waals surface area contributed by atoms with E-state index in [0.717, 1.165) is 18.4 Å². The van der Waals surface area contributed by atoms with Crippen LogP contribution in [0.15, 0.2) is 30.3 Å². The Hall–Kier alpha value is -6.83. The van der Waals surface area contributed by atoms with E-state index in [-0.39, 0.29) is 134 Å². The highest BCUT2D eigenvalue weighted by Crippen LogP contribution is 2.34. The fourth-order valence-electron chi connectivity index (χ4n) is 11.9. The molecular formula is C70H108N8O17. The average Bonchev–Trinajstić information content (AvgIpc) is 1.82. The van der Waals surface area contributed by atoms with Crippen LogP contribution in [0, 0.1) is 23.7 Å². The molecule has 2 aromatic rings. The van der Waals surface area contributed by atoms with Crippen LogP contribution in [0.5, 0.6) is 0 Å². The first-order chi connectivity index (χ1) is 45.6. The van der Waals surface area contributed by atoms with Crippen molar-refractivity contribution in [1.82, 2.24) is 30.5 Å². The molecule has 10 atom stereocenters. The third-order valence-corrected chi connectivity index (χ3v) is 18.0. The largest absolute Gasteiger partial charge is 0.463 e. The number of hydrogen-bond donors (Lipinski definition) is 3. The summed E-state index contributed by atoms with van der Waals surface area (Å²) in [6, 6.07) is 8.67. The Kier molecular flexibility index (Phi) is 36.0. The Morgan fingerprint density at radius 2 is 0.958 bits per heavy atom. The Morgan fingerprint density at radius 1 is 0.495 bits per heavy atom. The smallest absolute Gasteiger partial charge is 0.306 e. The first-order valence-electron chi connectivity index (χ1n) is 34.7. The molecule has 3 aliphatic heterocycles. The topological polar surface area (TPSA) is 317 Å². The molecule has 0 aliphatic carbocycles. The zero-order valence-electron chi connectivity index (χ0n) is 57.7. The van der Waals surface area contributed by atoms with Crippen LogP contribution in [0.1, 0.15) is 208 Å². The third-order valence-electron chi connectivity index (χ3n) is 18.0. The summed E-state index contributed by atoms with van der Waals surface area (Å²) >= 11 is 0. The number of carbonyl (C=O) groups excluding carboxylic acids is 10. The number of amides is 3. The Labute approximate surface area is 561 Å². The number of anilines is 2. The predicted molar refractivity (Wildman–Crippen MR) is 353 cm³/mol. The van der Waals surface area contributed by atoms with Crippen LogP contribution in [-0.4, -0.2) is 175 Å². The van der Waals surface area contributed by atoms with Crippen molar-refractivity contribution >= 4 is 70.7 Å². The third kappa shape index (κ3) is 30.4. The van der Waals surface area contributed by atoms with Gasteiger partial charge in [0.15, 0.2) is 12.6 Å². The van der Waals surface area contributed by atoms with Crippen molar-refractivity contribution in [3.63, 3.8) is 0 Å². The summed E-state index contributed by atoms with van der Waals surface area (Å²) in [5.41, 5.74) is 0.894. The maximum atomic E-state index is 13.2. The van der Waals surface area contributed by atoms with Gasteiger partial charge in [-0.25, -0.2) is 0 Å². The number of piperazine rings is 1. The highest BCUT2D eigenvalue weighted by molar-refractivity contribution is 5.80. The van der Waals surface area contributed by atoms with E-state index in [2.05, 4.69) is 20.9 Å². The van der Waals surface area contributed by atoms with Crippen LogP contribution in [0.2, 0.25) is 0 Å². The van der Waals surface area contributed by atoms with E-state index in [9.17, 15) is 47.9 Å². The van der Waals surface area contributed by atoms with Crippen molar-refractivity contribution in [2.75, 3.05) is 69.4 Å². The van der Waals surface area contributed by atoms with Crippen LogP contribution >= 0.6 is 0 Å². The molecule has 0 saturated carbocycles. The van der Waals surface area contributed by atoms with Crippen molar-refractivity contribution < 1.29 is 81.1 Å². The van der Waals surface area contributed by atoms with Gasteiger partial charge < -0.3 is 58.9 Å². The number of esters is 3. The summed E-state index contributed by atoms with van der Waals surface area (Å²) in [5.74, 6) is 0.140. The lowest BCUT2D eigenvalue weighted by Gasteiger charge is -2.44. The number of carbonyl (C=O) groups is 10. The van der Waals surface area contributed by atoms with Crippen molar-refractivity contribution in [3.8, 4) is 0 Å².